The number of ether oxygens (including phenoxy) is 1. The number of carbonyl (C=O) groups is 3. The minimum Gasteiger partial charge on any atom is -0.449 e. The number of hydrogen-bond acceptors (Lipinski definition) is 4. The summed E-state index contributed by atoms with van der Waals surface area (Å²) in [4.78, 5) is 35.7. The van der Waals surface area contributed by atoms with Crippen LogP contribution in [-0.4, -0.2) is 34.6 Å². The molecule has 7 heteroatoms. The first-order chi connectivity index (χ1) is 12.7. The molecule has 0 fully saturated rings. The number of imide groups is 1. The molecule has 7 nitrogen and oxygen atoms in total. The molecule has 0 aliphatic carbocycles. The molecule has 1 aromatic carbocycles. The van der Waals surface area contributed by atoms with Crippen LogP contribution < -0.4 is 10.6 Å². The summed E-state index contributed by atoms with van der Waals surface area (Å²) in [5.41, 5.74) is 3.44. The van der Waals surface area contributed by atoms with Gasteiger partial charge in [-0.3, -0.25) is 10.1 Å². The van der Waals surface area contributed by atoms with Gasteiger partial charge in [-0.15, -0.1) is 0 Å². The molecule has 3 amide bonds. The lowest BCUT2D eigenvalue weighted by Crippen LogP contribution is -2.46. The Morgan fingerprint density at radius 1 is 0.926 bits per heavy atom. The van der Waals surface area contributed by atoms with Gasteiger partial charge < -0.3 is 14.6 Å². The molecule has 0 unspecified atom stereocenters. The van der Waals surface area contributed by atoms with Gasteiger partial charge in [0, 0.05) is 23.1 Å². The number of urea groups is 1. The van der Waals surface area contributed by atoms with Crippen LogP contribution in [0.25, 0.3) is 5.69 Å². The van der Waals surface area contributed by atoms with Gasteiger partial charge in [-0.25, -0.2) is 9.59 Å². The van der Waals surface area contributed by atoms with Gasteiger partial charge >= 0.3 is 12.0 Å². The number of esters is 1. The fourth-order valence-electron chi connectivity index (χ4n) is 2.62. The molecule has 2 rings (SSSR count). The Morgan fingerprint density at radius 3 is 2.00 bits per heavy atom. The highest BCUT2D eigenvalue weighted by molar-refractivity contribution is 5.98. The number of aromatic nitrogens is 1. The number of nitrogens with one attached hydrogen (secondary N) is 2. The quantitative estimate of drug-likeness (QED) is 0.791. The molecular formula is C20H25N3O4. The van der Waals surface area contributed by atoms with Crippen LogP contribution in [0, 0.1) is 13.8 Å². The maximum atomic E-state index is 12.2. The molecule has 1 aromatic heterocycles. The van der Waals surface area contributed by atoms with Crippen LogP contribution in [0.2, 0.25) is 0 Å². The molecule has 0 spiro atoms. The van der Waals surface area contributed by atoms with Gasteiger partial charge in [0.05, 0.1) is 5.56 Å². The maximum Gasteiger partial charge on any atom is 0.338 e. The fraction of sp³-hybridized carbons (Fsp3) is 0.350. The topological polar surface area (TPSA) is 89.4 Å². The zero-order chi connectivity index (χ0) is 20.1. The van der Waals surface area contributed by atoms with Gasteiger partial charge in [0.1, 0.15) is 0 Å². The average molecular weight is 371 g/mol. The first-order valence-electron chi connectivity index (χ1n) is 8.76. The van der Waals surface area contributed by atoms with Crippen molar-refractivity contribution in [2.75, 3.05) is 0 Å². The Kier molecular flexibility index (Phi) is 6.39. The number of rotatable bonds is 5. The van der Waals surface area contributed by atoms with E-state index in [-0.39, 0.29) is 6.04 Å². The third kappa shape index (κ3) is 5.20. The molecule has 1 heterocycles. The third-order valence-corrected chi connectivity index (χ3v) is 3.94. The van der Waals surface area contributed by atoms with Crippen LogP contribution in [0.3, 0.4) is 0 Å². The molecule has 0 aliphatic heterocycles. The molecule has 0 aliphatic rings. The standard InChI is InChI=1S/C20H25N3O4/c1-12(2)21-20(26)22-18(24)15(5)27-19(25)16-8-10-17(11-9-16)23-13(3)6-7-14(23)4/h6-12,15H,1-5H3,(H2,21,22,24,26)/t15-/m0/s1. The monoisotopic (exact) mass is 371 g/mol. The Morgan fingerprint density at radius 2 is 1.48 bits per heavy atom. The molecule has 2 N–H and O–H groups in total. The van der Waals surface area contributed by atoms with Crippen molar-refractivity contribution in [3.63, 3.8) is 0 Å². The van der Waals surface area contributed by atoms with Gasteiger partial charge in [0.15, 0.2) is 6.10 Å². The van der Waals surface area contributed by atoms with E-state index in [0.29, 0.717) is 5.56 Å². The predicted molar refractivity (Wildman–Crippen MR) is 102 cm³/mol. The summed E-state index contributed by atoms with van der Waals surface area (Å²) in [5.74, 6) is -1.31. The molecule has 2 aromatic rings. The molecule has 27 heavy (non-hydrogen) atoms. The van der Waals surface area contributed by atoms with Crippen molar-refractivity contribution >= 4 is 17.9 Å². The van der Waals surface area contributed by atoms with Crippen molar-refractivity contribution in [1.29, 1.82) is 0 Å². The number of hydrogen-bond donors (Lipinski definition) is 2. The highest BCUT2D eigenvalue weighted by atomic mass is 16.5. The van der Waals surface area contributed by atoms with Crippen LogP contribution >= 0.6 is 0 Å². The normalized spacial score (nSPS) is 11.8. The number of aryl methyl sites for hydroxylation is 2. The van der Waals surface area contributed by atoms with Crippen molar-refractivity contribution in [2.24, 2.45) is 0 Å². The summed E-state index contributed by atoms with van der Waals surface area (Å²) in [6.07, 6.45) is -1.09. The van der Waals surface area contributed by atoms with Crippen LogP contribution in [0.1, 0.15) is 42.5 Å². The van der Waals surface area contributed by atoms with E-state index in [9.17, 15) is 14.4 Å². The third-order valence-electron chi connectivity index (χ3n) is 3.94. The predicted octanol–water partition coefficient (Wildman–Crippen LogP) is 2.87. The van der Waals surface area contributed by atoms with Gasteiger partial charge in [0.25, 0.3) is 5.91 Å². The van der Waals surface area contributed by atoms with Gasteiger partial charge in [-0.2, -0.15) is 0 Å². The first kappa shape index (κ1) is 20.2. The minimum atomic E-state index is -1.09. The highest BCUT2D eigenvalue weighted by Gasteiger charge is 2.21. The lowest BCUT2D eigenvalue weighted by Gasteiger charge is -2.15. The number of carbonyl (C=O) groups excluding carboxylic acids is 3. The van der Waals surface area contributed by atoms with E-state index >= 15 is 0 Å². The Labute approximate surface area is 158 Å². The van der Waals surface area contributed by atoms with E-state index in [4.69, 9.17) is 4.74 Å². The Bertz CT molecular complexity index is 818. The molecule has 1 atom stereocenters. The number of benzene rings is 1. The van der Waals surface area contributed by atoms with E-state index in [0.717, 1.165) is 17.1 Å². The van der Waals surface area contributed by atoms with E-state index in [1.807, 2.05) is 38.1 Å². The van der Waals surface area contributed by atoms with Crippen molar-refractivity contribution in [3.05, 3.63) is 53.3 Å². The second-order valence-electron chi connectivity index (χ2n) is 6.66. The number of nitrogens with zero attached hydrogens (tertiary/aromatic N) is 1. The van der Waals surface area contributed by atoms with Gasteiger partial charge in [0.2, 0.25) is 0 Å². The second-order valence-corrected chi connectivity index (χ2v) is 6.66. The first-order valence-corrected chi connectivity index (χ1v) is 8.76. The van der Waals surface area contributed by atoms with E-state index in [1.54, 1.807) is 26.0 Å². The summed E-state index contributed by atoms with van der Waals surface area (Å²) in [5, 5.41) is 4.67. The SMILES string of the molecule is Cc1ccc(C)n1-c1ccc(C(=O)O[C@@H](C)C(=O)NC(=O)NC(C)C)cc1. The Hall–Kier alpha value is -3.09. The van der Waals surface area contributed by atoms with Crippen molar-refractivity contribution < 1.29 is 19.1 Å². The summed E-state index contributed by atoms with van der Waals surface area (Å²) < 4.78 is 7.21. The maximum absolute atomic E-state index is 12.2. The summed E-state index contributed by atoms with van der Waals surface area (Å²) in [7, 11) is 0. The second kappa shape index (κ2) is 8.53. The van der Waals surface area contributed by atoms with E-state index in [1.165, 1.54) is 6.92 Å². The lowest BCUT2D eigenvalue weighted by molar-refractivity contribution is -0.127. The van der Waals surface area contributed by atoms with Crippen LogP contribution in [-0.2, 0) is 9.53 Å². The smallest absolute Gasteiger partial charge is 0.338 e. The fourth-order valence-corrected chi connectivity index (χ4v) is 2.62. The Balaban J connectivity index is 1.99. The molecular weight excluding hydrogens is 346 g/mol. The summed E-state index contributed by atoms with van der Waals surface area (Å²) in [6, 6.07) is 10.2. The average Bonchev–Trinajstić information content (AvgIpc) is 2.92. The van der Waals surface area contributed by atoms with E-state index < -0.39 is 24.0 Å². The van der Waals surface area contributed by atoms with E-state index in [2.05, 4.69) is 15.2 Å². The molecule has 0 saturated heterocycles. The zero-order valence-corrected chi connectivity index (χ0v) is 16.2. The summed E-state index contributed by atoms with van der Waals surface area (Å²) in [6.45, 7) is 8.97. The van der Waals surface area contributed by atoms with Gasteiger partial charge in [-0.05, 0) is 71.0 Å². The summed E-state index contributed by atoms with van der Waals surface area (Å²) >= 11 is 0. The molecule has 0 saturated carbocycles. The van der Waals surface area contributed by atoms with Crippen molar-refractivity contribution in [3.8, 4) is 5.69 Å². The van der Waals surface area contributed by atoms with Crippen LogP contribution in [0.4, 0.5) is 4.79 Å². The minimum absolute atomic E-state index is 0.109. The van der Waals surface area contributed by atoms with Crippen LogP contribution in [0.5, 0.6) is 0 Å². The molecule has 144 valence electrons. The highest BCUT2D eigenvalue weighted by Crippen LogP contribution is 2.17. The van der Waals surface area contributed by atoms with Crippen molar-refractivity contribution in [1.82, 2.24) is 15.2 Å². The zero-order valence-electron chi connectivity index (χ0n) is 16.2. The van der Waals surface area contributed by atoms with Gasteiger partial charge in [-0.1, -0.05) is 0 Å². The van der Waals surface area contributed by atoms with Crippen LogP contribution in [0.15, 0.2) is 36.4 Å². The molecule has 0 radical (unpaired) electrons. The largest absolute Gasteiger partial charge is 0.449 e. The number of amides is 3. The van der Waals surface area contributed by atoms with Crippen molar-refractivity contribution in [2.45, 2.75) is 46.8 Å². The lowest BCUT2D eigenvalue weighted by atomic mass is 10.2. The molecule has 0 bridgehead atoms.